The molecule has 0 aliphatic carbocycles. The predicted octanol–water partition coefficient (Wildman–Crippen LogP) is 3.07. The smallest absolute Gasteiger partial charge is 0.124 e. The van der Waals surface area contributed by atoms with E-state index in [2.05, 4.69) is 15.9 Å². The fraction of sp³-hybridized carbons (Fsp3) is 0.400. The van der Waals surface area contributed by atoms with Crippen LogP contribution in [0.4, 0.5) is 4.39 Å². The van der Waals surface area contributed by atoms with Crippen LogP contribution in [0.25, 0.3) is 0 Å². The third-order valence-electron chi connectivity index (χ3n) is 2.13. The Labute approximate surface area is 85.7 Å². The van der Waals surface area contributed by atoms with Crippen LogP contribution in [0.3, 0.4) is 0 Å². The summed E-state index contributed by atoms with van der Waals surface area (Å²) in [6.45, 7) is 3.56. The van der Waals surface area contributed by atoms with Crippen molar-refractivity contribution in [3.05, 3.63) is 34.1 Å². The molecule has 1 nitrogen and oxygen atoms in total. The van der Waals surface area contributed by atoms with Crippen molar-refractivity contribution in [1.82, 2.24) is 0 Å². The predicted molar refractivity (Wildman–Crippen MR) is 54.2 cm³/mol. The maximum Gasteiger partial charge on any atom is 0.124 e. The van der Waals surface area contributed by atoms with E-state index in [1.807, 2.05) is 13.0 Å². The van der Waals surface area contributed by atoms with Gasteiger partial charge in [0, 0.05) is 10.4 Å². The lowest BCUT2D eigenvalue weighted by Crippen LogP contribution is -2.11. The van der Waals surface area contributed by atoms with Gasteiger partial charge in [-0.05, 0) is 30.7 Å². The molecule has 0 saturated carbocycles. The molecule has 0 aliphatic rings. The molecule has 13 heavy (non-hydrogen) atoms. The lowest BCUT2D eigenvalue weighted by atomic mass is 9.96. The van der Waals surface area contributed by atoms with E-state index in [4.69, 9.17) is 0 Å². The van der Waals surface area contributed by atoms with Gasteiger partial charge in [-0.2, -0.15) is 0 Å². The summed E-state index contributed by atoms with van der Waals surface area (Å²) < 4.78 is 13.6. The molecule has 1 rings (SSSR count). The molecule has 1 N–H and O–H groups in total. The van der Waals surface area contributed by atoms with Gasteiger partial charge in [-0.15, -0.1) is 0 Å². The van der Waals surface area contributed by atoms with Crippen molar-refractivity contribution < 1.29 is 9.50 Å². The van der Waals surface area contributed by atoms with Crippen LogP contribution in [0.2, 0.25) is 0 Å². The van der Waals surface area contributed by atoms with Gasteiger partial charge < -0.3 is 5.11 Å². The second-order valence-electron chi connectivity index (χ2n) is 3.23. The summed E-state index contributed by atoms with van der Waals surface area (Å²) in [6, 6.07) is 4.67. The zero-order valence-electron chi connectivity index (χ0n) is 7.59. The van der Waals surface area contributed by atoms with Gasteiger partial charge in [0.1, 0.15) is 5.82 Å². The molecule has 72 valence electrons. The van der Waals surface area contributed by atoms with Gasteiger partial charge in [-0.3, -0.25) is 0 Å². The molecule has 1 aromatic rings. The average molecular weight is 247 g/mol. The average Bonchev–Trinajstić information content (AvgIpc) is 2.01. The fourth-order valence-corrected chi connectivity index (χ4v) is 1.60. The fourth-order valence-electron chi connectivity index (χ4n) is 1.12. The van der Waals surface area contributed by atoms with Crippen LogP contribution in [0.5, 0.6) is 0 Å². The summed E-state index contributed by atoms with van der Waals surface area (Å²) in [5.41, 5.74) is 0.807. The molecular weight excluding hydrogens is 235 g/mol. The summed E-state index contributed by atoms with van der Waals surface area (Å²) in [4.78, 5) is 0. The Hall–Kier alpha value is -0.410. The van der Waals surface area contributed by atoms with E-state index in [1.54, 1.807) is 6.92 Å². The summed E-state index contributed by atoms with van der Waals surface area (Å²) in [5, 5.41) is 9.32. The SMILES string of the molecule is CC(O)C(C)c1cc(F)cc(Br)c1. The lowest BCUT2D eigenvalue weighted by Gasteiger charge is -2.15. The van der Waals surface area contributed by atoms with Gasteiger partial charge in [-0.25, -0.2) is 4.39 Å². The molecule has 0 radical (unpaired) electrons. The standard InChI is InChI=1S/C10H12BrFO/c1-6(7(2)13)8-3-9(11)5-10(12)4-8/h3-7,13H,1-2H3. The van der Waals surface area contributed by atoms with Gasteiger partial charge in [0.2, 0.25) is 0 Å². The first-order valence-electron chi connectivity index (χ1n) is 4.14. The monoisotopic (exact) mass is 246 g/mol. The molecule has 1 aromatic carbocycles. The van der Waals surface area contributed by atoms with Gasteiger partial charge in [0.05, 0.1) is 6.10 Å². The molecule has 0 heterocycles. The maximum absolute atomic E-state index is 12.9. The highest BCUT2D eigenvalue weighted by Crippen LogP contribution is 2.23. The molecule has 0 saturated heterocycles. The van der Waals surface area contributed by atoms with Crippen molar-refractivity contribution >= 4 is 15.9 Å². The second kappa shape index (κ2) is 4.20. The van der Waals surface area contributed by atoms with Gasteiger partial charge in [0.25, 0.3) is 0 Å². The molecule has 0 aliphatic heterocycles. The third-order valence-corrected chi connectivity index (χ3v) is 2.59. The van der Waals surface area contributed by atoms with E-state index in [1.165, 1.54) is 12.1 Å². The molecule has 0 aromatic heterocycles. The Bertz CT molecular complexity index is 279. The summed E-state index contributed by atoms with van der Waals surface area (Å²) in [6.07, 6.45) is -0.464. The Kier molecular flexibility index (Phi) is 3.45. The highest BCUT2D eigenvalue weighted by atomic mass is 79.9. The molecule has 0 spiro atoms. The highest BCUT2D eigenvalue weighted by molar-refractivity contribution is 9.10. The first-order valence-corrected chi connectivity index (χ1v) is 4.94. The Balaban J connectivity index is 3.01. The minimum Gasteiger partial charge on any atom is -0.393 e. The first-order chi connectivity index (χ1) is 6.00. The van der Waals surface area contributed by atoms with Crippen LogP contribution in [0, 0.1) is 5.82 Å². The minimum absolute atomic E-state index is 0.0491. The van der Waals surface area contributed by atoms with Gasteiger partial charge in [0.15, 0.2) is 0 Å². The Morgan fingerprint density at radius 3 is 2.38 bits per heavy atom. The van der Waals surface area contributed by atoms with Crippen molar-refractivity contribution in [1.29, 1.82) is 0 Å². The second-order valence-corrected chi connectivity index (χ2v) is 4.15. The normalized spacial score (nSPS) is 15.5. The van der Waals surface area contributed by atoms with Crippen molar-refractivity contribution in [3.8, 4) is 0 Å². The summed E-state index contributed by atoms with van der Waals surface area (Å²) >= 11 is 3.21. The Morgan fingerprint density at radius 2 is 1.92 bits per heavy atom. The van der Waals surface area contributed by atoms with Crippen molar-refractivity contribution in [2.45, 2.75) is 25.9 Å². The first kappa shape index (κ1) is 10.7. The van der Waals surface area contributed by atoms with Crippen LogP contribution in [0.1, 0.15) is 25.3 Å². The molecule has 3 heteroatoms. The zero-order valence-corrected chi connectivity index (χ0v) is 9.18. The van der Waals surface area contributed by atoms with Crippen molar-refractivity contribution in [2.75, 3.05) is 0 Å². The number of benzene rings is 1. The molecule has 2 atom stereocenters. The van der Waals surface area contributed by atoms with E-state index < -0.39 is 6.10 Å². The van der Waals surface area contributed by atoms with Crippen LogP contribution >= 0.6 is 15.9 Å². The molecular formula is C10H12BrFO. The topological polar surface area (TPSA) is 20.2 Å². The number of rotatable bonds is 2. The highest BCUT2D eigenvalue weighted by Gasteiger charge is 2.12. The summed E-state index contributed by atoms with van der Waals surface area (Å²) in [5.74, 6) is -0.330. The van der Waals surface area contributed by atoms with Crippen molar-refractivity contribution in [2.24, 2.45) is 0 Å². The van der Waals surface area contributed by atoms with Gasteiger partial charge in [-0.1, -0.05) is 22.9 Å². The largest absolute Gasteiger partial charge is 0.393 e. The molecule has 0 bridgehead atoms. The number of aliphatic hydroxyl groups excluding tert-OH is 1. The van der Waals surface area contributed by atoms with E-state index in [0.717, 1.165) is 5.56 Å². The van der Waals surface area contributed by atoms with Crippen LogP contribution in [-0.2, 0) is 0 Å². The minimum atomic E-state index is -0.464. The van der Waals surface area contributed by atoms with Crippen LogP contribution in [0.15, 0.2) is 22.7 Å². The van der Waals surface area contributed by atoms with E-state index in [9.17, 15) is 9.50 Å². The van der Waals surface area contributed by atoms with Crippen molar-refractivity contribution in [3.63, 3.8) is 0 Å². The van der Waals surface area contributed by atoms with E-state index in [-0.39, 0.29) is 11.7 Å². The quantitative estimate of drug-likeness (QED) is 0.851. The van der Waals surface area contributed by atoms with E-state index >= 15 is 0 Å². The van der Waals surface area contributed by atoms with Crippen LogP contribution in [-0.4, -0.2) is 11.2 Å². The van der Waals surface area contributed by atoms with E-state index in [0.29, 0.717) is 4.47 Å². The number of hydrogen-bond acceptors (Lipinski definition) is 1. The number of halogens is 2. The third kappa shape index (κ3) is 2.78. The molecule has 2 unspecified atom stereocenters. The van der Waals surface area contributed by atoms with Crippen LogP contribution < -0.4 is 0 Å². The number of hydrogen-bond donors (Lipinski definition) is 1. The lowest BCUT2D eigenvalue weighted by molar-refractivity contribution is 0.169. The Morgan fingerprint density at radius 1 is 1.31 bits per heavy atom. The van der Waals surface area contributed by atoms with Gasteiger partial charge >= 0.3 is 0 Å². The maximum atomic E-state index is 12.9. The molecule has 0 amide bonds. The number of aliphatic hydroxyl groups is 1. The summed E-state index contributed by atoms with van der Waals surface area (Å²) in [7, 11) is 0. The molecule has 0 fully saturated rings. The zero-order chi connectivity index (χ0) is 10.0.